The minimum atomic E-state index is -0.224. The summed E-state index contributed by atoms with van der Waals surface area (Å²) in [6.45, 7) is 4.44. The molecular weight excluding hydrogens is 266 g/mol. The second-order valence-corrected chi connectivity index (χ2v) is 4.71. The van der Waals surface area contributed by atoms with Crippen LogP contribution in [-0.4, -0.2) is 34.9 Å². The first kappa shape index (κ1) is 15.3. The van der Waals surface area contributed by atoms with Gasteiger partial charge in [0.1, 0.15) is 0 Å². The van der Waals surface area contributed by atoms with Crippen molar-refractivity contribution in [1.82, 2.24) is 4.90 Å². The molecular formula is C13H18ClN3O2. The molecule has 0 aliphatic rings. The average molecular weight is 284 g/mol. The zero-order chi connectivity index (χ0) is 14.4. The number of carbonyl (C=O) groups is 1. The van der Waals surface area contributed by atoms with Gasteiger partial charge in [-0.15, -0.1) is 0 Å². The molecule has 3 N–H and O–H groups in total. The highest BCUT2D eigenvalue weighted by atomic mass is 35.5. The third-order valence-electron chi connectivity index (χ3n) is 2.62. The second kappa shape index (κ2) is 6.99. The Labute approximate surface area is 117 Å². The average Bonchev–Trinajstić information content (AvgIpc) is 2.37. The monoisotopic (exact) mass is 283 g/mol. The maximum absolute atomic E-state index is 12.4. The van der Waals surface area contributed by atoms with Crippen LogP contribution < -0.4 is 5.73 Å². The number of rotatable bonds is 5. The summed E-state index contributed by atoms with van der Waals surface area (Å²) in [4.78, 5) is 13.9. The zero-order valence-electron chi connectivity index (χ0n) is 11.1. The van der Waals surface area contributed by atoms with Crippen molar-refractivity contribution >= 4 is 23.3 Å². The molecule has 1 amide bonds. The van der Waals surface area contributed by atoms with Gasteiger partial charge >= 0.3 is 0 Å². The molecule has 0 bridgehead atoms. The number of hydrogen-bond acceptors (Lipinski definition) is 3. The second-order valence-electron chi connectivity index (χ2n) is 4.30. The number of oxime groups is 1. The van der Waals surface area contributed by atoms with Crippen LogP contribution in [0.2, 0.25) is 5.02 Å². The summed E-state index contributed by atoms with van der Waals surface area (Å²) in [5.41, 5.74) is 6.86. The number of nitrogens with two attached hydrogens (primary N) is 1. The number of amides is 1. The van der Waals surface area contributed by atoms with Gasteiger partial charge in [-0.05, 0) is 31.0 Å². The summed E-state index contributed by atoms with van der Waals surface area (Å²) in [5, 5.41) is 11.9. The fourth-order valence-electron chi connectivity index (χ4n) is 1.71. The molecule has 0 fully saturated rings. The molecule has 0 saturated heterocycles. The van der Waals surface area contributed by atoms with E-state index in [1.54, 1.807) is 12.1 Å². The van der Waals surface area contributed by atoms with E-state index in [2.05, 4.69) is 5.16 Å². The van der Waals surface area contributed by atoms with Gasteiger partial charge in [0.15, 0.2) is 5.84 Å². The van der Waals surface area contributed by atoms with E-state index in [1.807, 2.05) is 19.9 Å². The van der Waals surface area contributed by atoms with Crippen molar-refractivity contribution in [2.75, 3.05) is 13.1 Å². The Hall–Kier alpha value is -1.75. The topological polar surface area (TPSA) is 78.9 Å². The predicted octanol–water partition coefficient (Wildman–Crippen LogP) is 2.25. The van der Waals surface area contributed by atoms with E-state index in [9.17, 15) is 4.79 Å². The Kier molecular flexibility index (Phi) is 5.63. The lowest BCUT2D eigenvalue weighted by molar-refractivity contribution is 0.0778. The van der Waals surface area contributed by atoms with Crippen LogP contribution in [0.15, 0.2) is 23.4 Å². The maximum Gasteiger partial charge on any atom is 0.255 e. The van der Waals surface area contributed by atoms with Crippen molar-refractivity contribution in [2.24, 2.45) is 10.9 Å². The van der Waals surface area contributed by atoms with Gasteiger partial charge in [-0.2, -0.15) is 0 Å². The van der Waals surface area contributed by atoms with Crippen LogP contribution in [0.4, 0.5) is 0 Å². The Bertz CT molecular complexity index is 489. The van der Waals surface area contributed by atoms with Crippen LogP contribution in [0.3, 0.4) is 0 Å². The number of carbonyl (C=O) groups excluding carboxylic acids is 1. The molecule has 6 heteroatoms. The van der Waals surface area contributed by atoms with Crippen molar-refractivity contribution in [3.05, 3.63) is 34.3 Å². The number of aryl methyl sites for hydroxylation is 1. The first-order valence-electron chi connectivity index (χ1n) is 6.01. The van der Waals surface area contributed by atoms with Crippen molar-refractivity contribution in [3.63, 3.8) is 0 Å². The normalized spacial score (nSPS) is 11.4. The van der Waals surface area contributed by atoms with E-state index in [0.717, 1.165) is 12.0 Å². The van der Waals surface area contributed by atoms with E-state index >= 15 is 0 Å². The van der Waals surface area contributed by atoms with Gasteiger partial charge in [0.2, 0.25) is 0 Å². The van der Waals surface area contributed by atoms with Gasteiger partial charge in [0.25, 0.3) is 5.91 Å². The predicted molar refractivity (Wildman–Crippen MR) is 75.8 cm³/mol. The summed E-state index contributed by atoms with van der Waals surface area (Å²) < 4.78 is 0. The maximum atomic E-state index is 12.4. The highest BCUT2D eigenvalue weighted by molar-refractivity contribution is 6.33. The molecule has 0 aliphatic carbocycles. The standard InChI is InChI=1S/C13H18ClN3O2/c1-3-6-17(8-12(15)16-19)13(18)10-5-4-9(2)7-11(10)14/h4-5,7,19H,3,6,8H2,1-2H3,(H2,15,16). The van der Waals surface area contributed by atoms with Crippen LogP contribution in [-0.2, 0) is 0 Å². The lowest BCUT2D eigenvalue weighted by Gasteiger charge is -2.22. The molecule has 0 atom stereocenters. The molecule has 0 saturated carbocycles. The fourth-order valence-corrected chi connectivity index (χ4v) is 2.03. The highest BCUT2D eigenvalue weighted by Crippen LogP contribution is 2.19. The largest absolute Gasteiger partial charge is 0.409 e. The third-order valence-corrected chi connectivity index (χ3v) is 2.93. The molecule has 1 aromatic rings. The smallest absolute Gasteiger partial charge is 0.255 e. The molecule has 104 valence electrons. The Morgan fingerprint density at radius 3 is 2.74 bits per heavy atom. The molecule has 0 aliphatic heterocycles. The minimum Gasteiger partial charge on any atom is -0.409 e. The lowest BCUT2D eigenvalue weighted by Crippen LogP contribution is -2.39. The van der Waals surface area contributed by atoms with Crippen molar-refractivity contribution in [3.8, 4) is 0 Å². The van der Waals surface area contributed by atoms with E-state index < -0.39 is 0 Å². The highest BCUT2D eigenvalue weighted by Gasteiger charge is 2.18. The first-order chi connectivity index (χ1) is 8.99. The van der Waals surface area contributed by atoms with E-state index in [1.165, 1.54) is 4.90 Å². The zero-order valence-corrected chi connectivity index (χ0v) is 11.8. The Balaban J connectivity index is 2.98. The molecule has 0 heterocycles. The molecule has 1 aromatic carbocycles. The number of hydrogen-bond donors (Lipinski definition) is 2. The van der Waals surface area contributed by atoms with Gasteiger partial charge in [-0.25, -0.2) is 0 Å². The quantitative estimate of drug-likeness (QED) is 0.376. The van der Waals surface area contributed by atoms with Gasteiger partial charge in [0.05, 0.1) is 17.1 Å². The molecule has 0 spiro atoms. The molecule has 5 nitrogen and oxygen atoms in total. The van der Waals surface area contributed by atoms with Gasteiger partial charge in [-0.3, -0.25) is 4.79 Å². The first-order valence-corrected chi connectivity index (χ1v) is 6.39. The lowest BCUT2D eigenvalue weighted by atomic mass is 10.1. The van der Waals surface area contributed by atoms with Gasteiger partial charge in [-0.1, -0.05) is 29.7 Å². The molecule has 19 heavy (non-hydrogen) atoms. The Morgan fingerprint density at radius 2 is 2.21 bits per heavy atom. The fraction of sp³-hybridized carbons (Fsp3) is 0.385. The third kappa shape index (κ3) is 4.13. The van der Waals surface area contributed by atoms with Crippen LogP contribution in [0.1, 0.15) is 29.3 Å². The summed E-state index contributed by atoms with van der Waals surface area (Å²) in [6, 6.07) is 5.25. The van der Waals surface area contributed by atoms with Crippen molar-refractivity contribution in [1.29, 1.82) is 0 Å². The van der Waals surface area contributed by atoms with Crippen molar-refractivity contribution < 1.29 is 10.0 Å². The molecule has 1 rings (SSSR count). The number of amidine groups is 1. The van der Waals surface area contributed by atoms with Crippen LogP contribution in [0.5, 0.6) is 0 Å². The van der Waals surface area contributed by atoms with E-state index in [-0.39, 0.29) is 18.3 Å². The van der Waals surface area contributed by atoms with E-state index in [4.69, 9.17) is 22.5 Å². The summed E-state index contributed by atoms with van der Waals surface area (Å²) in [6.07, 6.45) is 0.772. The number of benzene rings is 1. The number of halogens is 1. The minimum absolute atomic E-state index is 0.00923. The van der Waals surface area contributed by atoms with E-state index in [0.29, 0.717) is 17.1 Å². The Morgan fingerprint density at radius 1 is 1.53 bits per heavy atom. The van der Waals surface area contributed by atoms with Crippen molar-refractivity contribution in [2.45, 2.75) is 20.3 Å². The van der Waals surface area contributed by atoms with Gasteiger partial charge in [0, 0.05) is 6.54 Å². The number of nitrogens with zero attached hydrogens (tertiary/aromatic N) is 2. The summed E-state index contributed by atoms with van der Waals surface area (Å²) in [5.74, 6) is -0.233. The van der Waals surface area contributed by atoms with Crippen LogP contribution in [0.25, 0.3) is 0 Å². The molecule has 0 unspecified atom stereocenters. The van der Waals surface area contributed by atoms with Crippen LogP contribution in [0, 0.1) is 6.92 Å². The molecule has 0 radical (unpaired) electrons. The van der Waals surface area contributed by atoms with Crippen LogP contribution >= 0.6 is 11.6 Å². The van der Waals surface area contributed by atoms with Gasteiger partial charge < -0.3 is 15.8 Å². The molecule has 0 aromatic heterocycles. The summed E-state index contributed by atoms with van der Waals surface area (Å²) >= 11 is 6.08. The summed E-state index contributed by atoms with van der Waals surface area (Å²) in [7, 11) is 0. The SMILES string of the molecule is CCCN(C/C(N)=N/O)C(=O)c1ccc(C)cc1Cl.